The molecule has 0 aliphatic carbocycles. The molecule has 0 aromatic heterocycles. The smallest absolute Gasteiger partial charge is 0.333 e. The van der Waals surface area contributed by atoms with Gasteiger partial charge < -0.3 is 4.74 Å². The highest BCUT2D eigenvalue weighted by atomic mass is 35.5. The van der Waals surface area contributed by atoms with E-state index in [9.17, 15) is 4.79 Å². The van der Waals surface area contributed by atoms with Crippen molar-refractivity contribution >= 4 is 23.6 Å². The summed E-state index contributed by atoms with van der Waals surface area (Å²) in [4.78, 5) is 11.9. The number of carbonyl (C=O) groups is 1. The first-order valence-corrected chi connectivity index (χ1v) is 7.56. The zero-order valence-electron chi connectivity index (χ0n) is 12.8. The quantitative estimate of drug-likeness (QED) is 0.583. The second-order valence-electron chi connectivity index (χ2n) is 5.20. The number of ether oxygens (including phenoxy) is 1. The molecule has 114 valence electrons. The number of hydrogen-bond acceptors (Lipinski definition) is 2. The Bertz CT molecular complexity index is 655. The molecule has 0 saturated heterocycles. The minimum Gasteiger partial charge on any atom is -0.466 e. The Morgan fingerprint density at radius 3 is 2.32 bits per heavy atom. The van der Waals surface area contributed by atoms with E-state index in [1.54, 1.807) is 0 Å². The van der Waals surface area contributed by atoms with E-state index in [1.165, 1.54) is 18.2 Å². The van der Waals surface area contributed by atoms with Crippen molar-refractivity contribution in [1.82, 2.24) is 0 Å². The van der Waals surface area contributed by atoms with E-state index in [-0.39, 0.29) is 5.97 Å². The van der Waals surface area contributed by atoms with Crippen molar-refractivity contribution in [2.24, 2.45) is 0 Å². The van der Waals surface area contributed by atoms with Gasteiger partial charge in [0, 0.05) is 10.6 Å². The fourth-order valence-corrected chi connectivity index (χ4v) is 2.28. The van der Waals surface area contributed by atoms with Crippen LogP contribution in [0, 0.1) is 6.92 Å². The SMILES string of the molecule is COC(=O)/C(=C/c1ccc(Cl)cc1)CCc1ccc(C)cc1. The van der Waals surface area contributed by atoms with E-state index in [0.29, 0.717) is 17.0 Å². The number of halogens is 1. The number of hydrogen-bond donors (Lipinski definition) is 0. The molecule has 0 atom stereocenters. The van der Waals surface area contributed by atoms with Crippen molar-refractivity contribution in [3.05, 3.63) is 75.8 Å². The Labute approximate surface area is 136 Å². The molecule has 0 saturated carbocycles. The second kappa shape index (κ2) is 7.81. The van der Waals surface area contributed by atoms with Gasteiger partial charge in [-0.25, -0.2) is 4.79 Å². The van der Waals surface area contributed by atoms with Crippen LogP contribution in [-0.4, -0.2) is 13.1 Å². The molecule has 0 bridgehead atoms. The van der Waals surface area contributed by atoms with Gasteiger partial charge in [-0.1, -0.05) is 53.6 Å². The number of aryl methyl sites for hydroxylation is 2. The highest BCUT2D eigenvalue weighted by Gasteiger charge is 2.10. The molecule has 0 unspecified atom stereocenters. The van der Waals surface area contributed by atoms with Crippen LogP contribution in [-0.2, 0) is 16.0 Å². The van der Waals surface area contributed by atoms with E-state index in [0.717, 1.165) is 12.0 Å². The molecular weight excluding hydrogens is 296 g/mol. The average molecular weight is 315 g/mol. The third-order valence-corrected chi connectivity index (χ3v) is 3.71. The van der Waals surface area contributed by atoms with E-state index in [1.807, 2.05) is 30.3 Å². The van der Waals surface area contributed by atoms with Gasteiger partial charge in [0.1, 0.15) is 0 Å². The summed E-state index contributed by atoms with van der Waals surface area (Å²) in [6.45, 7) is 2.06. The zero-order valence-corrected chi connectivity index (χ0v) is 13.6. The van der Waals surface area contributed by atoms with E-state index in [4.69, 9.17) is 16.3 Å². The predicted molar refractivity (Wildman–Crippen MR) is 90.9 cm³/mol. The van der Waals surface area contributed by atoms with Gasteiger partial charge in [-0.05, 0) is 49.1 Å². The van der Waals surface area contributed by atoms with Crippen LogP contribution in [0.15, 0.2) is 54.1 Å². The number of benzene rings is 2. The molecule has 2 aromatic rings. The fraction of sp³-hybridized carbons (Fsp3) is 0.211. The van der Waals surface area contributed by atoms with Crippen LogP contribution in [0.2, 0.25) is 5.02 Å². The summed E-state index contributed by atoms with van der Waals surface area (Å²) >= 11 is 5.88. The van der Waals surface area contributed by atoms with Gasteiger partial charge in [-0.15, -0.1) is 0 Å². The van der Waals surface area contributed by atoms with Gasteiger partial charge in [-0.2, -0.15) is 0 Å². The molecule has 2 rings (SSSR count). The summed E-state index contributed by atoms with van der Waals surface area (Å²) in [5.41, 5.74) is 4.03. The molecule has 0 aliphatic rings. The molecule has 0 amide bonds. The van der Waals surface area contributed by atoms with Crippen molar-refractivity contribution in [2.45, 2.75) is 19.8 Å². The van der Waals surface area contributed by atoms with Gasteiger partial charge in [0.15, 0.2) is 0 Å². The number of methoxy groups -OCH3 is 1. The molecule has 0 heterocycles. The molecule has 0 radical (unpaired) electrons. The topological polar surface area (TPSA) is 26.3 Å². The molecule has 0 aliphatic heterocycles. The molecule has 0 spiro atoms. The first kappa shape index (κ1) is 16.3. The minimum absolute atomic E-state index is 0.290. The third kappa shape index (κ3) is 4.74. The number of carbonyl (C=O) groups excluding carboxylic acids is 1. The van der Waals surface area contributed by atoms with Gasteiger partial charge in [0.25, 0.3) is 0 Å². The van der Waals surface area contributed by atoms with Crippen molar-refractivity contribution in [3.63, 3.8) is 0 Å². The molecule has 22 heavy (non-hydrogen) atoms. The number of rotatable bonds is 5. The Balaban J connectivity index is 2.14. The maximum atomic E-state index is 11.9. The molecule has 3 heteroatoms. The number of esters is 1. The highest BCUT2D eigenvalue weighted by Crippen LogP contribution is 2.17. The minimum atomic E-state index is -0.290. The lowest BCUT2D eigenvalue weighted by atomic mass is 10.0. The van der Waals surface area contributed by atoms with Crippen LogP contribution in [0.25, 0.3) is 6.08 Å². The molecular formula is C19H19ClO2. The van der Waals surface area contributed by atoms with Gasteiger partial charge >= 0.3 is 5.97 Å². The Morgan fingerprint density at radius 1 is 1.09 bits per heavy atom. The van der Waals surface area contributed by atoms with Crippen molar-refractivity contribution in [2.75, 3.05) is 7.11 Å². The van der Waals surface area contributed by atoms with Crippen LogP contribution < -0.4 is 0 Å². The van der Waals surface area contributed by atoms with E-state index >= 15 is 0 Å². The van der Waals surface area contributed by atoms with Crippen molar-refractivity contribution < 1.29 is 9.53 Å². The monoisotopic (exact) mass is 314 g/mol. The maximum Gasteiger partial charge on any atom is 0.333 e. The van der Waals surface area contributed by atoms with Crippen molar-refractivity contribution in [1.29, 1.82) is 0 Å². The summed E-state index contributed by atoms with van der Waals surface area (Å²) in [6, 6.07) is 15.7. The third-order valence-electron chi connectivity index (χ3n) is 3.46. The Kier molecular flexibility index (Phi) is 5.79. The molecule has 2 nitrogen and oxygen atoms in total. The van der Waals surface area contributed by atoms with Gasteiger partial charge in [-0.3, -0.25) is 0 Å². The van der Waals surface area contributed by atoms with Gasteiger partial charge in [0.05, 0.1) is 7.11 Å². The molecule has 2 aromatic carbocycles. The van der Waals surface area contributed by atoms with Crippen LogP contribution >= 0.6 is 11.6 Å². The summed E-state index contributed by atoms with van der Waals surface area (Å²) in [5, 5.41) is 0.677. The lowest BCUT2D eigenvalue weighted by molar-refractivity contribution is -0.136. The molecule has 0 N–H and O–H groups in total. The Hall–Kier alpha value is -2.06. The van der Waals surface area contributed by atoms with E-state index < -0.39 is 0 Å². The van der Waals surface area contributed by atoms with E-state index in [2.05, 4.69) is 31.2 Å². The predicted octanol–water partition coefficient (Wildman–Crippen LogP) is 4.84. The summed E-state index contributed by atoms with van der Waals surface area (Å²) in [7, 11) is 1.41. The highest BCUT2D eigenvalue weighted by molar-refractivity contribution is 6.30. The second-order valence-corrected chi connectivity index (χ2v) is 5.63. The lowest BCUT2D eigenvalue weighted by Gasteiger charge is -2.07. The largest absolute Gasteiger partial charge is 0.466 e. The fourth-order valence-electron chi connectivity index (χ4n) is 2.16. The van der Waals surface area contributed by atoms with Crippen LogP contribution in [0.5, 0.6) is 0 Å². The Morgan fingerprint density at radius 2 is 1.73 bits per heavy atom. The molecule has 0 fully saturated rings. The normalized spacial score (nSPS) is 11.3. The van der Waals surface area contributed by atoms with Crippen LogP contribution in [0.4, 0.5) is 0 Å². The maximum absolute atomic E-state index is 11.9. The van der Waals surface area contributed by atoms with Crippen LogP contribution in [0.1, 0.15) is 23.1 Å². The lowest BCUT2D eigenvalue weighted by Crippen LogP contribution is -2.06. The standard InChI is InChI=1S/C19H19ClO2/c1-14-3-5-15(6-4-14)7-10-17(19(21)22-2)13-16-8-11-18(20)12-9-16/h3-6,8-9,11-13H,7,10H2,1-2H3/b17-13+. The summed E-state index contributed by atoms with van der Waals surface area (Å²) < 4.78 is 4.88. The summed E-state index contributed by atoms with van der Waals surface area (Å²) in [6.07, 6.45) is 3.30. The zero-order chi connectivity index (χ0) is 15.9. The average Bonchev–Trinajstić information content (AvgIpc) is 2.54. The first-order valence-electron chi connectivity index (χ1n) is 7.18. The first-order chi connectivity index (χ1) is 10.6. The van der Waals surface area contributed by atoms with Crippen LogP contribution in [0.3, 0.4) is 0 Å². The van der Waals surface area contributed by atoms with Crippen molar-refractivity contribution in [3.8, 4) is 0 Å². The van der Waals surface area contributed by atoms with Gasteiger partial charge in [0.2, 0.25) is 0 Å². The summed E-state index contributed by atoms with van der Waals surface area (Å²) in [5.74, 6) is -0.290.